The number of aliphatic hydroxyl groups is 2. The SMILES string of the molecule is CCC[C@H](C[C@@H](O)[C@H]1O[C@]1(C)[C@H]1CCC[C@@H]1c1cccc(N)c1)C1=C2CC[C@@H]3[C@]4(C)C[C@@H](c5cc(O)cc(CNC)c5)C(=O)[C@]5(C)CCCC[C@@](C)(O)CN[C@@H](C[C@]3(C)[C@@]2(C)CC1=O)[C@H]45. The zero-order chi connectivity index (χ0) is 46.5. The second kappa shape index (κ2) is 16.9. The van der Waals surface area contributed by atoms with Crippen LogP contribution in [0.4, 0.5) is 5.69 Å². The first-order valence-corrected chi connectivity index (χ1v) is 25.7. The van der Waals surface area contributed by atoms with Gasteiger partial charge >= 0.3 is 0 Å². The van der Waals surface area contributed by atoms with Crippen molar-refractivity contribution in [2.75, 3.05) is 19.3 Å². The van der Waals surface area contributed by atoms with Crippen LogP contribution in [-0.2, 0) is 20.9 Å². The second-order valence-corrected chi connectivity index (χ2v) is 24.0. The average Bonchev–Trinajstić information content (AvgIpc) is 3.54. The normalized spacial score (nSPS) is 42.5. The summed E-state index contributed by atoms with van der Waals surface area (Å²) in [6.45, 7) is 17.0. The molecule has 0 radical (unpaired) electrons. The summed E-state index contributed by atoms with van der Waals surface area (Å²) >= 11 is 0. The maximum Gasteiger partial charge on any atom is 0.160 e. The number of rotatable bonds is 11. The van der Waals surface area contributed by atoms with Crippen LogP contribution in [0.5, 0.6) is 5.75 Å². The monoisotopic (exact) mass is 892 g/mol. The van der Waals surface area contributed by atoms with Gasteiger partial charge in [0.2, 0.25) is 0 Å². The Labute approximate surface area is 389 Å². The number of nitrogens with one attached hydrogen (secondary N) is 2. The van der Waals surface area contributed by atoms with Crippen LogP contribution in [0.2, 0.25) is 0 Å². The number of hydrogen-bond acceptors (Lipinski definition) is 9. The zero-order valence-electron chi connectivity index (χ0n) is 40.9. The molecular weight excluding hydrogens is 811 g/mol. The molecule has 0 unspecified atom stereocenters. The molecule has 356 valence electrons. The average molecular weight is 892 g/mol. The van der Waals surface area contributed by atoms with E-state index in [1.54, 1.807) is 6.07 Å². The van der Waals surface area contributed by atoms with E-state index in [1.807, 2.05) is 32.2 Å². The smallest absolute Gasteiger partial charge is 0.160 e. The molecule has 4 saturated carbocycles. The number of ketones is 2. The summed E-state index contributed by atoms with van der Waals surface area (Å²) in [6.07, 6.45) is 11.6. The molecule has 9 heteroatoms. The largest absolute Gasteiger partial charge is 0.508 e. The second-order valence-electron chi connectivity index (χ2n) is 24.0. The highest BCUT2D eigenvalue weighted by Gasteiger charge is 2.72. The lowest BCUT2D eigenvalue weighted by atomic mass is 9.34. The van der Waals surface area contributed by atoms with Crippen LogP contribution in [-0.4, -0.2) is 69.9 Å². The number of phenols is 1. The summed E-state index contributed by atoms with van der Waals surface area (Å²) in [7, 11) is 1.90. The summed E-state index contributed by atoms with van der Waals surface area (Å²) in [4.78, 5) is 30.4. The number of hydrogen-bond donors (Lipinski definition) is 6. The Morgan fingerprint density at radius 2 is 1.72 bits per heavy atom. The van der Waals surface area contributed by atoms with Gasteiger partial charge in [0.05, 0.1) is 17.3 Å². The highest BCUT2D eigenvalue weighted by molar-refractivity contribution is 6.01. The molecule has 6 fully saturated rings. The molecule has 7 aliphatic rings. The number of allylic oxidation sites excluding steroid dienone is 2. The lowest BCUT2D eigenvalue weighted by Crippen LogP contribution is -2.70. The molecule has 2 aliphatic heterocycles. The number of carbonyl (C=O) groups is 2. The van der Waals surface area contributed by atoms with Crippen molar-refractivity contribution in [2.24, 2.45) is 45.3 Å². The van der Waals surface area contributed by atoms with E-state index in [-0.39, 0.29) is 64.0 Å². The number of carbonyl (C=O) groups excluding carboxylic acids is 2. The van der Waals surface area contributed by atoms with Gasteiger partial charge in [-0.15, -0.1) is 0 Å². The molecule has 2 aromatic carbocycles. The lowest BCUT2D eigenvalue weighted by Gasteiger charge is -2.71. The predicted molar refractivity (Wildman–Crippen MR) is 257 cm³/mol. The van der Waals surface area contributed by atoms with Crippen molar-refractivity contribution in [1.29, 1.82) is 0 Å². The van der Waals surface area contributed by atoms with E-state index < -0.39 is 28.1 Å². The first-order valence-electron chi connectivity index (χ1n) is 25.7. The molecule has 2 aromatic rings. The number of nitrogens with two attached hydrogens (primary N) is 1. The predicted octanol–water partition coefficient (Wildman–Crippen LogP) is 9.67. The number of Topliss-reactive ketones (excluding diaryl/α,β-unsaturated/α-hetero) is 2. The third-order valence-electron chi connectivity index (χ3n) is 19.9. The summed E-state index contributed by atoms with van der Waals surface area (Å²) in [5, 5.41) is 42.1. The Bertz CT molecular complexity index is 2200. The fourth-order valence-corrected chi connectivity index (χ4v) is 17.0. The Balaban J connectivity index is 1.06. The maximum absolute atomic E-state index is 15.4. The van der Waals surface area contributed by atoms with Gasteiger partial charge in [0.1, 0.15) is 17.6 Å². The van der Waals surface area contributed by atoms with Crippen LogP contribution in [0.1, 0.15) is 173 Å². The van der Waals surface area contributed by atoms with Crippen LogP contribution >= 0.6 is 0 Å². The number of aliphatic hydroxyl groups excluding tert-OH is 1. The highest BCUT2D eigenvalue weighted by Crippen LogP contribution is 2.75. The number of anilines is 1. The van der Waals surface area contributed by atoms with Crippen molar-refractivity contribution < 1.29 is 29.6 Å². The Morgan fingerprint density at radius 3 is 2.46 bits per heavy atom. The van der Waals surface area contributed by atoms with Crippen molar-refractivity contribution in [2.45, 2.75) is 193 Å². The minimum absolute atomic E-state index is 0.0372. The number of fused-ring (bicyclic) bond motifs is 4. The summed E-state index contributed by atoms with van der Waals surface area (Å²) < 4.78 is 6.60. The lowest BCUT2D eigenvalue weighted by molar-refractivity contribution is -0.198. The van der Waals surface area contributed by atoms with Gasteiger partial charge in [-0.3, -0.25) is 9.59 Å². The number of epoxide rings is 1. The fraction of sp³-hybridized carbons (Fsp3) is 0.714. The van der Waals surface area contributed by atoms with Crippen LogP contribution in [0, 0.1) is 45.3 Å². The van der Waals surface area contributed by atoms with Crippen LogP contribution in [0.3, 0.4) is 0 Å². The van der Waals surface area contributed by atoms with Gasteiger partial charge in [0.25, 0.3) is 0 Å². The molecule has 0 spiro atoms. The number of phenolic OH excluding ortho intramolecular Hbond substituents is 1. The number of aromatic hydroxyl groups is 1. The zero-order valence-corrected chi connectivity index (χ0v) is 40.9. The molecule has 15 atom stereocenters. The highest BCUT2D eigenvalue weighted by atomic mass is 16.6. The Morgan fingerprint density at radius 1 is 0.954 bits per heavy atom. The van der Waals surface area contributed by atoms with Crippen LogP contribution in [0.25, 0.3) is 0 Å². The number of β-amino-alcohol motifs (C(OH)–C–C–N with tert-alkyl or cyclic N) is 1. The summed E-state index contributed by atoms with van der Waals surface area (Å²) in [5.41, 5.74) is 9.59. The van der Waals surface area contributed by atoms with Gasteiger partial charge < -0.3 is 36.4 Å². The van der Waals surface area contributed by atoms with E-state index >= 15 is 9.59 Å². The van der Waals surface area contributed by atoms with Crippen molar-refractivity contribution in [3.8, 4) is 5.75 Å². The van der Waals surface area contributed by atoms with Gasteiger partial charge in [-0.2, -0.15) is 0 Å². The molecule has 9 rings (SSSR count). The van der Waals surface area contributed by atoms with E-state index in [9.17, 15) is 15.3 Å². The topological polar surface area (TPSA) is 157 Å². The number of nitrogen functional groups attached to an aromatic ring is 1. The third kappa shape index (κ3) is 7.68. The molecule has 65 heavy (non-hydrogen) atoms. The number of benzene rings is 2. The van der Waals surface area contributed by atoms with Crippen molar-refractivity contribution >= 4 is 17.3 Å². The quantitative estimate of drug-likeness (QED) is 0.0955. The van der Waals surface area contributed by atoms with Crippen molar-refractivity contribution in [3.63, 3.8) is 0 Å². The van der Waals surface area contributed by atoms with Gasteiger partial charge in [-0.25, -0.2) is 0 Å². The van der Waals surface area contributed by atoms with E-state index in [1.165, 1.54) is 11.1 Å². The molecular formula is C56H81N3O6. The van der Waals surface area contributed by atoms with Crippen molar-refractivity contribution in [1.82, 2.24) is 10.6 Å². The molecule has 5 aliphatic carbocycles. The first-order chi connectivity index (χ1) is 30.7. The third-order valence-corrected chi connectivity index (χ3v) is 19.9. The van der Waals surface area contributed by atoms with E-state index in [4.69, 9.17) is 10.5 Å². The van der Waals surface area contributed by atoms with E-state index in [0.29, 0.717) is 50.6 Å². The molecule has 9 nitrogen and oxygen atoms in total. The summed E-state index contributed by atoms with van der Waals surface area (Å²) in [6, 6.07) is 14.0. The number of ether oxygens (including phenoxy) is 1. The minimum Gasteiger partial charge on any atom is -0.508 e. The van der Waals surface area contributed by atoms with Gasteiger partial charge in [0, 0.05) is 48.0 Å². The molecule has 0 aromatic heterocycles. The Hall–Kier alpha value is -3.08. The van der Waals surface area contributed by atoms with Gasteiger partial charge in [0.15, 0.2) is 5.78 Å². The van der Waals surface area contributed by atoms with E-state index in [2.05, 4.69) is 70.4 Å². The first kappa shape index (κ1) is 47.0. The fourth-order valence-electron chi connectivity index (χ4n) is 17.0. The molecule has 0 amide bonds. The molecule has 0 bridgehead atoms. The van der Waals surface area contributed by atoms with Crippen LogP contribution in [0.15, 0.2) is 53.6 Å². The van der Waals surface area contributed by atoms with Gasteiger partial charge in [-0.1, -0.05) is 84.1 Å². The Kier molecular flexibility index (Phi) is 12.2. The molecule has 2 heterocycles. The van der Waals surface area contributed by atoms with Gasteiger partial charge in [-0.05, 0) is 172 Å². The molecule has 2 saturated heterocycles. The minimum atomic E-state index is -0.865. The molecule has 7 N–H and O–H groups in total. The summed E-state index contributed by atoms with van der Waals surface area (Å²) in [5.74, 6) is 1.25. The van der Waals surface area contributed by atoms with Crippen molar-refractivity contribution in [3.05, 3.63) is 70.3 Å². The maximum atomic E-state index is 15.4. The van der Waals surface area contributed by atoms with E-state index in [0.717, 1.165) is 93.0 Å². The van der Waals surface area contributed by atoms with Crippen LogP contribution < -0.4 is 16.4 Å². The standard InChI is InChI=1S/C56H81N3O6/c1-9-14-35(27-44(61)50-56(7,65-50)41-18-13-17-39(41)34-15-12-16-37(57)25-34)47-42-19-20-46-53(4)28-40(36-23-33(31-58-8)24-38(60)26-36)49(63)52(3)22-11-10-21-51(2,64)32-59-43(48(52)53)29-55(46,6)54(42,5)30-45(47)62/h12,15-16,23-26,35,39-41,43-44,46,48,50,58-61,64H,9-11,13-14,17-22,27-32,57H2,1-8H3/t35-,39-,40+,41+,43+,44-,46-,48+,50-,51-,52-,53+,54+,55+,56-/m1/s1.